The van der Waals surface area contributed by atoms with Crippen LogP contribution >= 0.6 is 0 Å². The van der Waals surface area contributed by atoms with Crippen molar-refractivity contribution in [1.29, 1.82) is 0 Å². The maximum atomic E-state index is 6.64. The Morgan fingerprint density at radius 3 is 2.20 bits per heavy atom. The van der Waals surface area contributed by atoms with Gasteiger partial charge in [0.05, 0.1) is 27.8 Å². The number of benzene rings is 3. The third-order valence-corrected chi connectivity index (χ3v) is 9.36. The van der Waals surface area contributed by atoms with Gasteiger partial charge in [0.15, 0.2) is 0 Å². The lowest BCUT2D eigenvalue weighted by Crippen LogP contribution is -2.03. The predicted molar refractivity (Wildman–Crippen MR) is 182 cm³/mol. The molecule has 3 aromatic carbocycles. The Kier molecular flexibility index (Phi) is 4.54. The summed E-state index contributed by atoms with van der Waals surface area (Å²) in [6.45, 7) is 0. The molecule has 0 saturated carbocycles. The van der Waals surface area contributed by atoms with Gasteiger partial charge in [0, 0.05) is 63.1 Å². The number of furan rings is 2. The SMILES string of the molecule is C1=Nc2c(n(-c3ccc4oc5ccc6c7cc(-n8c9cccnc9c9cccnc98)ccc7oc6c5c4c3)c3ncccc23)CC1. The van der Waals surface area contributed by atoms with Crippen LogP contribution in [-0.4, -0.2) is 30.3 Å². The Labute approximate surface area is 259 Å². The third kappa shape index (κ3) is 3.07. The molecule has 0 bridgehead atoms. The summed E-state index contributed by atoms with van der Waals surface area (Å²) >= 11 is 0. The molecule has 0 radical (unpaired) electrons. The third-order valence-electron chi connectivity index (χ3n) is 9.36. The minimum atomic E-state index is 0.790. The number of rotatable bonds is 2. The highest BCUT2D eigenvalue weighted by Crippen LogP contribution is 2.42. The molecular weight excluding hydrogens is 572 g/mol. The van der Waals surface area contributed by atoms with E-state index in [1.165, 1.54) is 5.69 Å². The van der Waals surface area contributed by atoms with Crippen molar-refractivity contribution in [3.8, 4) is 11.4 Å². The van der Waals surface area contributed by atoms with E-state index in [-0.39, 0.29) is 0 Å². The maximum absolute atomic E-state index is 6.64. The molecule has 8 nitrogen and oxygen atoms in total. The Balaban J connectivity index is 1.16. The number of aromatic nitrogens is 5. The monoisotopic (exact) mass is 594 g/mol. The Hall–Kier alpha value is -6.28. The second-order valence-corrected chi connectivity index (χ2v) is 11.8. The van der Waals surface area contributed by atoms with E-state index < -0.39 is 0 Å². The number of fused-ring (bicyclic) bond motifs is 13. The number of aliphatic imine (C=N–C) groups is 1. The second kappa shape index (κ2) is 8.67. The molecule has 7 aromatic heterocycles. The molecule has 8 heterocycles. The highest BCUT2D eigenvalue weighted by atomic mass is 16.3. The van der Waals surface area contributed by atoms with Gasteiger partial charge in [-0.3, -0.25) is 19.1 Å². The zero-order valence-electron chi connectivity index (χ0n) is 24.3. The molecule has 0 atom stereocenters. The molecule has 0 amide bonds. The maximum Gasteiger partial charge on any atom is 0.147 e. The molecule has 0 saturated heterocycles. The lowest BCUT2D eigenvalue weighted by atomic mass is 10.1. The van der Waals surface area contributed by atoms with Crippen LogP contribution in [0.3, 0.4) is 0 Å². The van der Waals surface area contributed by atoms with Crippen molar-refractivity contribution in [2.75, 3.05) is 0 Å². The normalized spacial score (nSPS) is 13.4. The van der Waals surface area contributed by atoms with Gasteiger partial charge in [-0.05, 0) is 97.8 Å². The quantitative estimate of drug-likeness (QED) is 0.199. The molecule has 46 heavy (non-hydrogen) atoms. The summed E-state index contributed by atoms with van der Waals surface area (Å²) in [7, 11) is 0. The Morgan fingerprint density at radius 1 is 0.587 bits per heavy atom. The van der Waals surface area contributed by atoms with Crippen molar-refractivity contribution < 1.29 is 8.83 Å². The smallest absolute Gasteiger partial charge is 0.147 e. The van der Waals surface area contributed by atoms with Crippen molar-refractivity contribution >= 4 is 88.9 Å². The van der Waals surface area contributed by atoms with Crippen LogP contribution in [0.15, 0.2) is 117 Å². The lowest BCUT2D eigenvalue weighted by Gasteiger charge is -2.12. The number of hydrogen-bond acceptors (Lipinski definition) is 6. The van der Waals surface area contributed by atoms with Gasteiger partial charge < -0.3 is 8.83 Å². The van der Waals surface area contributed by atoms with Crippen LogP contribution in [0, 0.1) is 0 Å². The highest BCUT2D eigenvalue weighted by Gasteiger charge is 2.23. The summed E-state index contributed by atoms with van der Waals surface area (Å²) in [6, 6.07) is 29.0. The average Bonchev–Trinajstić information content (AvgIpc) is 3.85. The van der Waals surface area contributed by atoms with Crippen LogP contribution in [-0.2, 0) is 6.42 Å². The first-order chi connectivity index (χ1) is 22.8. The number of nitrogens with zero attached hydrogens (tertiary/aromatic N) is 6. The van der Waals surface area contributed by atoms with Crippen LogP contribution in [0.5, 0.6) is 0 Å². The molecule has 216 valence electrons. The van der Waals surface area contributed by atoms with Crippen molar-refractivity contribution in [3.63, 3.8) is 0 Å². The van der Waals surface area contributed by atoms with Gasteiger partial charge in [-0.25, -0.2) is 9.97 Å². The van der Waals surface area contributed by atoms with E-state index in [0.29, 0.717) is 0 Å². The van der Waals surface area contributed by atoms with Gasteiger partial charge in [-0.1, -0.05) is 0 Å². The van der Waals surface area contributed by atoms with Crippen LogP contribution in [0.25, 0.3) is 88.4 Å². The van der Waals surface area contributed by atoms with Crippen LogP contribution in [0.1, 0.15) is 12.1 Å². The second-order valence-electron chi connectivity index (χ2n) is 11.8. The molecule has 0 N–H and O–H groups in total. The topological polar surface area (TPSA) is 87.2 Å². The van der Waals surface area contributed by atoms with E-state index >= 15 is 0 Å². The standard InChI is InChI=1S/C38H22N6O2/c1-5-24-34-28(7-3-15-39-34)43(37(24)41-17-1)21-9-12-30-26(19-21)23-11-14-32-33(36(23)46-30)27-20-22(10-13-31(27)45-32)44-29-8-4-16-40-35(29)25-6-2-18-42-38(25)44/h1-3,5-7,9-20H,4,8H2. The molecule has 1 aliphatic rings. The fourth-order valence-corrected chi connectivity index (χ4v) is 7.43. The zero-order valence-corrected chi connectivity index (χ0v) is 24.3. The molecule has 8 heteroatoms. The minimum Gasteiger partial charge on any atom is -0.456 e. The van der Waals surface area contributed by atoms with E-state index in [2.05, 4.69) is 62.6 Å². The first-order valence-corrected chi connectivity index (χ1v) is 15.3. The largest absolute Gasteiger partial charge is 0.456 e. The summed E-state index contributed by atoms with van der Waals surface area (Å²) < 4.78 is 17.4. The molecule has 1 aliphatic heterocycles. The summed E-state index contributed by atoms with van der Waals surface area (Å²) in [5, 5.41) is 6.12. The van der Waals surface area contributed by atoms with Gasteiger partial charge >= 0.3 is 0 Å². The fraction of sp³-hybridized carbons (Fsp3) is 0.0526. The van der Waals surface area contributed by atoms with Crippen LogP contribution in [0.2, 0.25) is 0 Å². The molecule has 10 aromatic rings. The number of pyridine rings is 3. The molecule has 0 aliphatic carbocycles. The highest BCUT2D eigenvalue weighted by molar-refractivity contribution is 6.22. The summed E-state index contributed by atoms with van der Waals surface area (Å²) in [6.07, 6.45) is 9.32. The van der Waals surface area contributed by atoms with Gasteiger partial charge in [-0.2, -0.15) is 0 Å². The van der Waals surface area contributed by atoms with E-state index in [9.17, 15) is 0 Å². The van der Waals surface area contributed by atoms with Crippen LogP contribution < -0.4 is 0 Å². The van der Waals surface area contributed by atoms with Gasteiger partial charge in [0.1, 0.15) is 33.6 Å². The van der Waals surface area contributed by atoms with E-state index in [4.69, 9.17) is 23.8 Å². The van der Waals surface area contributed by atoms with Crippen molar-refractivity contribution in [3.05, 3.63) is 109 Å². The van der Waals surface area contributed by atoms with E-state index in [1.807, 2.05) is 61.2 Å². The minimum absolute atomic E-state index is 0.790. The van der Waals surface area contributed by atoms with Crippen molar-refractivity contribution in [2.45, 2.75) is 12.8 Å². The first kappa shape index (κ1) is 24.1. The average molecular weight is 595 g/mol. The van der Waals surface area contributed by atoms with E-state index in [0.717, 1.165) is 107 Å². The fourth-order valence-electron chi connectivity index (χ4n) is 7.43. The molecule has 0 fully saturated rings. The lowest BCUT2D eigenvalue weighted by molar-refractivity contribution is 0.662. The first-order valence-electron chi connectivity index (χ1n) is 15.3. The van der Waals surface area contributed by atoms with Crippen molar-refractivity contribution in [1.82, 2.24) is 24.1 Å². The Morgan fingerprint density at radius 2 is 1.30 bits per heavy atom. The van der Waals surface area contributed by atoms with Crippen molar-refractivity contribution in [2.24, 2.45) is 4.99 Å². The summed E-state index contributed by atoms with van der Waals surface area (Å²) in [5.74, 6) is 0. The van der Waals surface area contributed by atoms with Crippen LogP contribution in [0.4, 0.5) is 5.69 Å². The Bertz CT molecular complexity index is 2880. The molecular formula is C38H22N6O2. The molecule has 0 unspecified atom stereocenters. The summed E-state index contributed by atoms with van der Waals surface area (Å²) in [5.41, 5.74) is 11.2. The van der Waals surface area contributed by atoms with E-state index in [1.54, 1.807) is 0 Å². The zero-order chi connectivity index (χ0) is 29.9. The molecule has 0 spiro atoms. The van der Waals surface area contributed by atoms with Gasteiger partial charge in [0.2, 0.25) is 0 Å². The molecule has 11 rings (SSSR count). The van der Waals surface area contributed by atoms with Gasteiger partial charge in [0.25, 0.3) is 0 Å². The predicted octanol–water partition coefficient (Wildman–Crippen LogP) is 9.36. The van der Waals surface area contributed by atoms with Gasteiger partial charge in [-0.15, -0.1) is 0 Å². The number of hydrogen-bond donors (Lipinski definition) is 0. The summed E-state index contributed by atoms with van der Waals surface area (Å²) in [4.78, 5) is 19.0.